The number of piperazine rings is 1. The average molecular weight is 392 g/mol. The quantitative estimate of drug-likeness (QED) is 0.741. The van der Waals surface area contributed by atoms with Crippen LogP contribution in [0.15, 0.2) is 0 Å². The fourth-order valence-corrected chi connectivity index (χ4v) is 3.87. The molecule has 2 atom stereocenters. The van der Waals surface area contributed by atoms with Crippen LogP contribution in [0, 0.1) is 5.92 Å². The predicted octanol–water partition coefficient (Wildman–Crippen LogP) is 1.32. The third kappa shape index (κ3) is 6.07. The summed E-state index contributed by atoms with van der Waals surface area (Å²) in [6.45, 7) is 8.34. The Morgan fingerprint density at radius 2 is 1.74 bits per heavy atom. The summed E-state index contributed by atoms with van der Waals surface area (Å²) in [7, 11) is 2.07. The molecule has 1 N–H and O–H groups in total. The number of amides is 2. The van der Waals surface area contributed by atoms with Gasteiger partial charge >= 0.3 is 12.1 Å². The van der Waals surface area contributed by atoms with Gasteiger partial charge in [0.15, 0.2) is 0 Å². The van der Waals surface area contributed by atoms with E-state index in [4.69, 9.17) is 0 Å². The van der Waals surface area contributed by atoms with Crippen molar-refractivity contribution in [3.05, 3.63) is 0 Å². The Labute approximate surface area is 159 Å². The van der Waals surface area contributed by atoms with E-state index in [1.165, 1.54) is 0 Å². The molecular weight excluding hydrogens is 361 g/mol. The zero-order chi connectivity index (χ0) is 20.2. The number of carbonyl (C=O) groups is 2. The van der Waals surface area contributed by atoms with Crippen LogP contribution in [-0.2, 0) is 9.59 Å². The maximum atomic E-state index is 12.7. The number of halogens is 3. The zero-order valence-electron chi connectivity index (χ0n) is 16.4. The van der Waals surface area contributed by atoms with E-state index in [0.29, 0.717) is 23.8 Å². The number of alkyl halides is 3. The van der Waals surface area contributed by atoms with Crippen LogP contribution < -0.4 is 5.32 Å². The van der Waals surface area contributed by atoms with Crippen molar-refractivity contribution in [3.8, 4) is 0 Å². The molecule has 27 heavy (non-hydrogen) atoms. The third-order valence-corrected chi connectivity index (χ3v) is 5.37. The molecule has 9 heteroatoms. The normalized spacial score (nSPS) is 23.7. The van der Waals surface area contributed by atoms with Crippen molar-refractivity contribution in [2.45, 2.75) is 51.4 Å². The van der Waals surface area contributed by atoms with Gasteiger partial charge < -0.3 is 15.1 Å². The Morgan fingerprint density at radius 3 is 2.30 bits per heavy atom. The SMILES string of the molecule is CC(C)CC(CNC(=O)C1CCCN1C(=O)C(F)(F)F)N1CCN(C)CC1. The van der Waals surface area contributed by atoms with Crippen molar-refractivity contribution < 1.29 is 22.8 Å². The Morgan fingerprint density at radius 1 is 1.11 bits per heavy atom. The molecule has 2 heterocycles. The van der Waals surface area contributed by atoms with Gasteiger partial charge in [0.2, 0.25) is 5.91 Å². The highest BCUT2D eigenvalue weighted by Crippen LogP contribution is 2.25. The molecule has 0 aromatic heterocycles. The second-order valence-corrected chi connectivity index (χ2v) is 8.02. The van der Waals surface area contributed by atoms with Crippen LogP contribution >= 0.6 is 0 Å². The molecule has 0 bridgehead atoms. The Balaban J connectivity index is 1.95. The van der Waals surface area contributed by atoms with E-state index in [-0.39, 0.29) is 19.0 Å². The summed E-state index contributed by atoms with van der Waals surface area (Å²) < 4.78 is 38.2. The van der Waals surface area contributed by atoms with Crippen molar-refractivity contribution in [1.29, 1.82) is 0 Å². The number of hydrogen-bond acceptors (Lipinski definition) is 4. The molecule has 0 spiro atoms. The molecule has 2 saturated heterocycles. The maximum Gasteiger partial charge on any atom is 0.471 e. The molecule has 0 aromatic carbocycles. The van der Waals surface area contributed by atoms with Crippen molar-refractivity contribution in [2.75, 3.05) is 46.3 Å². The summed E-state index contributed by atoms with van der Waals surface area (Å²) >= 11 is 0. The van der Waals surface area contributed by atoms with Gasteiger partial charge in [0.05, 0.1) is 0 Å². The second kappa shape index (κ2) is 9.23. The van der Waals surface area contributed by atoms with Crippen LogP contribution in [0.2, 0.25) is 0 Å². The molecule has 2 amide bonds. The molecule has 2 rings (SSSR count). The van der Waals surface area contributed by atoms with Crippen LogP contribution in [0.5, 0.6) is 0 Å². The maximum absolute atomic E-state index is 12.7. The third-order valence-electron chi connectivity index (χ3n) is 5.37. The van der Waals surface area contributed by atoms with Crippen LogP contribution in [-0.4, -0.2) is 91.1 Å². The molecule has 0 aromatic rings. The zero-order valence-corrected chi connectivity index (χ0v) is 16.4. The van der Waals surface area contributed by atoms with E-state index < -0.39 is 24.0 Å². The summed E-state index contributed by atoms with van der Waals surface area (Å²) in [6.07, 6.45) is -3.35. The minimum absolute atomic E-state index is 0.0235. The molecule has 0 saturated carbocycles. The van der Waals surface area contributed by atoms with Gasteiger partial charge in [-0.2, -0.15) is 13.2 Å². The van der Waals surface area contributed by atoms with Crippen molar-refractivity contribution in [1.82, 2.24) is 20.0 Å². The molecule has 6 nitrogen and oxygen atoms in total. The number of carbonyl (C=O) groups excluding carboxylic acids is 2. The summed E-state index contributed by atoms with van der Waals surface area (Å²) in [4.78, 5) is 29.3. The molecule has 0 aliphatic carbocycles. The highest BCUT2D eigenvalue weighted by molar-refractivity contribution is 5.90. The van der Waals surface area contributed by atoms with Gasteiger partial charge in [0.25, 0.3) is 0 Å². The predicted molar refractivity (Wildman–Crippen MR) is 96.1 cm³/mol. The molecule has 2 unspecified atom stereocenters. The number of rotatable bonds is 6. The van der Waals surface area contributed by atoms with E-state index in [0.717, 1.165) is 32.6 Å². The van der Waals surface area contributed by atoms with Gasteiger partial charge in [-0.1, -0.05) is 13.8 Å². The first-order valence-corrected chi connectivity index (χ1v) is 9.67. The fraction of sp³-hybridized carbons (Fsp3) is 0.889. The Bertz CT molecular complexity index is 519. The molecular formula is C18H31F3N4O2. The summed E-state index contributed by atoms with van der Waals surface area (Å²) in [5.74, 6) is -1.95. The first kappa shape index (κ1) is 21.9. The van der Waals surface area contributed by atoms with Gasteiger partial charge in [-0.15, -0.1) is 0 Å². The number of likely N-dealkylation sites (N-methyl/N-ethyl adjacent to an activating group) is 1. The lowest BCUT2D eigenvalue weighted by atomic mass is 10.0. The second-order valence-electron chi connectivity index (χ2n) is 8.02. The molecule has 2 aliphatic rings. The standard InChI is InChI=1S/C18H31F3N4O2/c1-13(2)11-14(24-9-7-23(3)8-10-24)12-22-16(26)15-5-4-6-25(15)17(27)18(19,20)21/h13-15H,4-12H2,1-3H3,(H,22,26). The number of nitrogens with one attached hydrogen (secondary N) is 1. The Hall–Kier alpha value is -1.35. The van der Waals surface area contributed by atoms with Gasteiger partial charge in [-0.3, -0.25) is 14.5 Å². The molecule has 2 aliphatic heterocycles. The number of nitrogens with zero attached hydrogens (tertiary/aromatic N) is 3. The summed E-state index contributed by atoms with van der Waals surface area (Å²) in [5, 5.41) is 2.82. The first-order chi connectivity index (χ1) is 12.6. The molecule has 156 valence electrons. The van der Waals surface area contributed by atoms with Gasteiger partial charge in [-0.25, -0.2) is 0 Å². The van der Waals surface area contributed by atoms with Crippen molar-refractivity contribution in [3.63, 3.8) is 0 Å². The lowest BCUT2D eigenvalue weighted by molar-refractivity contribution is -0.186. The highest BCUT2D eigenvalue weighted by atomic mass is 19.4. The minimum atomic E-state index is -4.94. The minimum Gasteiger partial charge on any atom is -0.353 e. The topological polar surface area (TPSA) is 55.9 Å². The van der Waals surface area contributed by atoms with E-state index in [9.17, 15) is 22.8 Å². The lowest BCUT2D eigenvalue weighted by Gasteiger charge is -2.39. The van der Waals surface area contributed by atoms with E-state index in [2.05, 4.69) is 36.0 Å². The summed E-state index contributed by atoms with van der Waals surface area (Å²) in [5.41, 5.74) is 0. The molecule has 0 radical (unpaired) electrons. The van der Waals surface area contributed by atoms with Crippen LogP contribution in [0.25, 0.3) is 0 Å². The average Bonchev–Trinajstić information content (AvgIpc) is 3.06. The van der Waals surface area contributed by atoms with E-state index >= 15 is 0 Å². The first-order valence-electron chi connectivity index (χ1n) is 9.67. The number of likely N-dealkylation sites (tertiary alicyclic amines) is 1. The monoisotopic (exact) mass is 392 g/mol. The van der Waals surface area contributed by atoms with Crippen LogP contribution in [0.3, 0.4) is 0 Å². The molecule has 2 fully saturated rings. The van der Waals surface area contributed by atoms with Gasteiger partial charge in [0, 0.05) is 45.3 Å². The van der Waals surface area contributed by atoms with Crippen molar-refractivity contribution in [2.24, 2.45) is 5.92 Å². The lowest BCUT2D eigenvalue weighted by Crippen LogP contribution is -2.55. The van der Waals surface area contributed by atoms with Gasteiger partial charge in [-0.05, 0) is 32.2 Å². The van der Waals surface area contributed by atoms with E-state index in [1.54, 1.807) is 0 Å². The van der Waals surface area contributed by atoms with E-state index in [1.807, 2.05) is 0 Å². The fourth-order valence-electron chi connectivity index (χ4n) is 3.87. The van der Waals surface area contributed by atoms with Crippen LogP contribution in [0.4, 0.5) is 13.2 Å². The van der Waals surface area contributed by atoms with Gasteiger partial charge in [0.1, 0.15) is 6.04 Å². The summed E-state index contributed by atoms with van der Waals surface area (Å²) in [6, 6.07) is -0.873. The van der Waals surface area contributed by atoms with Crippen molar-refractivity contribution >= 4 is 11.8 Å². The smallest absolute Gasteiger partial charge is 0.353 e. The largest absolute Gasteiger partial charge is 0.471 e. The number of hydrogen-bond donors (Lipinski definition) is 1. The highest BCUT2D eigenvalue weighted by Gasteiger charge is 2.47. The Kier molecular flexibility index (Phi) is 7.50. The van der Waals surface area contributed by atoms with Crippen LogP contribution in [0.1, 0.15) is 33.1 Å².